The maximum absolute atomic E-state index is 11.1. The molecule has 1 N–H and O–H groups in total. The van der Waals surface area contributed by atoms with Crippen LogP contribution in [0.25, 0.3) is 5.57 Å². The largest absolute Gasteiger partial charge is 0.506 e. The number of allylic oxidation sites excluding steroid dienone is 1. The molecule has 0 aliphatic rings. The fraction of sp³-hybridized carbons (Fsp3) is 0.167. The monoisotopic (exact) mass is 410 g/mol. The van der Waals surface area contributed by atoms with Crippen molar-refractivity contribution in [3.8, 4) is 11.5 Å². The van der Waals surface area contributed by atoms with Crippen molar-refractivity contribution >= 4 is 39.4 Å². The zero-order valence-corrected chi connectivity index (χ0v) is 15.5. The highest BCUT2D eigenvalue weighted by molar-refractivity contribution is 9.10. The number of methoxy groups -OCH3 is 1. The van der Waals surface area contributed by atoms with Gasteiger partial charge in [0.1, 0.15) is 17.8 Å². The van der Waals surface area contributed by atoms with E-state index in [4.69, 9.17) is 21.1 Å². The van der Waals surface area contributed by atoms with Crippen LogP contribution < -0.4 is 4.74 Å². The summed E-state index contributed by atoms with van der Waals surface area (Å²) < 4.78 is 10.9. The summed E-state index contributed by atoms with van der Waals surface area (Å²) in [6.07, 6.45) is 2.07. The molecule has 0 amide bonds. The van der Waals surface area contributed by atoms with E-state index in [-0.39, 0.29) is 17.6 Å². The molecule has 0 saturated carbocycles. The van der Waals surface area contributed by atoms with E-state index < -0.39 is 0 Å². The number of carbonyl (C=O) groups excluding carboxylic acids is 1. The summed E-state index contributed by atoms with van der Waals surface area (Å²) in [7, 11) is 1.55. The fourth-order valence-corrected chi connectivity index (χ4v) is 2.75. The third-order valence-corrected chi connectivity index (χ3v) is 4.68. The van der Waals surface area contributed by atoms with Gasteiger partial charge in [0.05, 0.1) is 5.02 Å². The molecule has 0 spiro atoms. The molecule has 0 aliphatic carbocycles. The minimum absolute atomic E-state index is 0.0866. The number of halogens is 2. The summed E-state index contributed by atoms with van der Waals surface area (Å²) in [5.74, 6) is 0.598. The number of aryl methyl sites for hydroxylation is 1. The Bertz CT molecular complexity index is 787. The number of aldehydes is 1. The molecular formula is C18H16BrClO4. The molecule has 0 radical (unpaired) electrons. The molecule has 2 aromatic carbocycles. The first-order valence-corrected chi connectivity index (χ1v) is 8.22. The topological polar surface area (TPSA) is 55.8 Å². The van der Waals surface area contributed by atoms with E-state index in [1.165, 1.54) is 6.08 Å². The van der Waals surface area contributed by atoms with Gasteiger partial charge in [-0.2, -0.15) is 0 Å². The lowest BCUT2D eigenvalue weighted by Gasteiger charge is -2.14. The zero-order chi connectivity index (χ0) is 17.7. The van der Waals surface area contributed by atoms with Crippen molar-refractivity contribution in [3.63, 3.8) is 0 Å². The van der Waals surface area contributed by atoms with Gasteiger partial charge in [0.15, 0.2) is 6.79 Å². The Labute approximate surface area is 153 Å². The molecule has 0 heterocycles. The van der Waals surface area contributed by atoms with E-state index in [0.717, 1.165) is 11.1 Å². The van der Waals surface area contributed by atoms with Crippen molar-refractivity contribution in [1.29, 1.82) is 0 Å². The smallest absolute Gasteiger partial charge is 0.188 e. The van der Waals surface area contributed by atoms with Crippen molar-refractivity contribution in [2.24, 2.45) is 0 Å². The standard InChI is InChI=1S/C18H16BrClO4/c1-11-9-12(3-6-16(11)24-10-23-2)13(7-8-21)14-4-5-15(19)17(20)18(14)22/h3-9,22H,10H2,1-2H3. The summed E-state index contributed by atoms with van der Waals surface area (Å²) in [5.41, 5.74) is 2.68. The van der Waals surface area contributed by atoms with Crippen molar-refractivity contribution < 1.29 is 19.4 Å². The van der Waals surface area contributed by atoms with Gasteiger partial charge >= 0.3 is 0 Å². The first-order valence-electron chi connectivity index (χ1n) is 7.05. The quantitative estimate of drug-likeness (QED) is 0.424. The van der Waals surface area contributed by atoms with Gasteiger partial charge in [0.25, 0.3) is 0 Å². The van der Waals surface area contributed by atoms with Crippen LogP contribution in [0.4, 0.5) is 0 Å². The van der Waals surface area contributed by atoms with Crippen molar-refractivity contribution in [3.05, 3.63) is 62.6 Å². The molecule has 0 aromatic heterocycles. The number of hydrogen-bond donors (Lipinski definition) is 1. The molecule has 0 bridgehead atoms. The Kier molecular flexibility index (Phi) is 6.43. The van der Waals surface area contributed by atoms with E-state index in [0.29, 0.717) is 27.6 Å². The van der Waals surface area contributed by atoms with Gasteiger partial charge < -0.3 is 14.6 Å². The third kappa shape index (κ3) is 3.98. The van der Waals surface area contributed by atoms with Gasteiger partial charge in [-0.05, 0) is 69.9 Å². The lowest BCUT2D eigenvalue weighted by molar-refractivity contribution is -0.104. The van der Waals surface area contributed by atoms with E-state index in [1.807, 2.05) is 19.1 Å². The summed E-state index contributed by atoms with van der Waals surface area (Å²) >= 11 is 9.34. The van der Waals surface area contributed by atoms with Crippen LogP contribution in [0.1, 0.15) is 16.7 Å². The van der Waals surface area contributed by atoms with E-state index >= 15 is 0 Å². The maximum Gasteiger partial charge on any atom is 0.188 e. The molecule has 2 rings (SSSR count). The van der Waals surface area contributed by atoms with Gasteiger partial charge in [0, 0.05) is 17.1 Å². The van der Waals surface area contributed by atoms with Crippen LogP contribution in [-0.4, -0.2) is 25.3 Å². The number of aromatic hydroxyl groups is 1. The Morgan fingerprint density at radius 2 is 2.08 bits per heavy atom. The Morgan fingerprint density at radius 1 is 1.33 bits per heavy atom. The van der Waals surface area contributed by atoms with Crippen LogP contribution in [0.2, 0.25) is 5.02 Å². The van der Waals surface area contributed by atoms with E-state index in [1.54, 1.807) is 25.3 Å². The van der Waals surface area contributed by atoms with E-state index in [2.05, 4.69) is 15.9 Å². The number of phenolic OH excluding ortho intramolecular Hbond substituents is 1. The van der Waals surface area contributed by atoms with Gasteiger partial charge in [-0.3, -0.25) is 4.79 Å². The highest BCUT2D eigenvalue weighted by Crippen LogP contribution is 2.40. The van der Waals surface area contributed by atoms with Crippen LogP contribution in [0, 0.1) is 6.92 Å². The van der Waals surface area contributed by atoms with Crippen LogP contribution in [0.3, 0.4) is 0 Å². The number of hydrogen-bond acceptors (Lipinski definition) is 4. The normalized spacial score (nSPS) is 11.4. The van der Waals surface area contributed by atoms with Crippen LogP contribution >= 0.6 is 27.5 Å². The van der Waals surface area contributed by atoms with Crippen molar-refractivity contribution in [1.82, 2.24) is 0 Å². The van der Waals surface area contributed by atoms with Crippen LogP contribution in [0.15, 0.2) is 40.9 Å². The first kappa shape index (κ1) is 18.5. The summed E-state index contributed by atoms with van der Waals surface area (Å²) in [4.78, 5) is 11.1. The molecule has 0 fully saturated rings. The molecule has 0 saturated heterocycles. The SMILES string of the molecule is COCOc1ccc(C(=CC=O)c2ccc(Br)c(Cl)c2O)cc1C. The van der Waals surface area contributed by atoms with Gasteiger partial charge in [-0.15, -0.1) is 0 Å². The Morgan fingerprint density at radius 3 is 2.71 bits per heavy atom. The number of ether oxygens (including phenoxy) is 2. The second-order valence-corrected chi connectivity index (χ2v) is 6.24. The summed E-state index contributed by atoms with van der Waals surface area (Å²) in [5, 5.41) is 10.5. The second kappa shape index (κ2) is 8.33. The molecule has 6 heteroatoms. The predicted octanol–water partition coefficient (Wildman–Crippen LogP) is 4.73. The zero-order valence-electron chi connectivity index (χ0n) is 13.2. The molecule has 0 aliphatic heterocycles. The number of phenols is 1. The minimum Gasteiger partial charge on any atom is -0.506 e. The number of benzene rings is 2. The average molecular weight is 412 g/mol. The highest BCUT2D eigenvalue weighted by Gasteiger charge is 2.15. The highest BCUT2D eigenvalue weighted by atomic mass is 79.9. The van der Waals surface area contributed by atoms with Crippen LogP contribution in [-0.2, 0) is 9.53 Å². The van der Waals surface area contributed by atoms with Gasteiger partial charge in [-0.1, -0.05) is 17.7 Å². The fourth-order valence-electron chi connectivity index (χ4n) is 2.27. The molecule has 4 nitrogen and oxygen atoms in total. The average Bonchev–Trinajstić information content (AvgIpc) is 2.57. The van der Waals surface area contributed by atoms with Crippen LogP contribution in [0.5, 0.6) is 11.5 Å². The lowest BCUT2D eigenvalue weighted by Crippen LogP contribution is -2.01. The summed E-state index contributed by atoms with van der Waals surface area (Å²) in [6.45, 7) is 2.04. The lowest BCUT2D eigenvalue weighted by atomic mass is 9.95. The third-order valence-electron chi connectivity index (χ3n) is 3.41. The number of rotatable bonds is 6. The molecule has 0 unspecified atom stereocenters. The molecule has 0 atom stereocenters. The van der Waals surface area contributed by atoms with E-state index in [9.17, 15) is 9.90 Å². The van der Waals surface area contributed by atoms with Crippen molar-refractivity contribution in [2.75, 3.05) is 13.9 Å². The Hall–Kier alpha value is -1.82. The predicted molar refractivity (Wildman–Crippen MR) is 97.6 cm³/mol. The molecule has 2 aromatic rings. The molecule has 24 heavy (non-hydrogen) atoms. The first-order chi connectivity index (χ1) is 11.5. The minimum atomic E-state index is -0.0866. The Balaban J connectivity index is 2.50. The van der Waals surface area contributed by atoms with Crippen molar-refractivity contribution in [2.45, 2.75) is 6.92 Å². The summed E-state index contributed by atoms with van der Waals surface area (Å²) in [6, 6.07) is 8.89. The second-order valence-electron chi connectivity index (χ2n) is 5.01. The van der Waals surface area contributed by atoms with Gasteiger partial charge in [0.2, 0.25) is 0 Å². The molecule has 126 valence electrons. The van der Waals surface area contributed by atoms with Gasteiger partial charge in [-0.25, -0.2) is 0 Å². The molecular weight excluding hydrogens is 396 g/mol. The maximum atomic E-state index is 11.1. The number of carbonyl (C=O) groups is 1.